The highest BCUT2D eigenvalue weighted by Crippen LogP contribution is 2.42. The molecule has 80 valence electrons. The van der Waals surface area contributed by atoms with Gasteiger partial charge in [-0.05, 0) is 25.2 Å². The van der Waals surface area contributed by atoms with Gasteiger partial charge in [0, 0.05) is 0 Å². The first-order chi connectivity index (χ1) is 7.27. The van der Waals surface area contributed by atoms with E-state index >= 15 is 0 Å². The van der Waals surface area contributed by atoms with E-state index in [4.69, 9.17) is 4.74 Å². The summed E-state index contributed by atoms with van der Waals surface area (Å²) in [5, 5.41) is 0. The van der Waals surface area contributed by atoms with Crippen LogP contribution in [0.15, 0.2) is 36.5 Å². The lowest BCUT2D eigenvalue weighted by atomic mass is 9.69. The van der Waals surface area contributed by atoms with Gasteiger partial charge in [-0.1, -0.05) is 36.5 Å². The zero-order valence-electron chi connectivity index (χ0n) is 8.98. The van der Waals surface area contributed by atoms with E-state index < -0.39 is 0 Å². The van der Waals surface area contributed by atoms with Crippen molar-refractivity contribution in [3.05, 3.63) is 36.5 Å². The summed E-state index contributed by atoms with van der Waals surface area (Å²) >= 11 is 0. The zero-order chi connectivity index (χ0) is 10.7. The molecule has 0 fully saturated rings. The van der Waals surface area contributed by atoms with Gasteiger partial charge in [-0.3, -0.25) is 4.79 Å². The summed E-state index contributed by atoms with van der Waals surface area (Å²) in [5.41, 5.74) is -0.338. The van der Waals surface area contributed by atoms with Crippen LogP contribution in [0.2, 0.25) is 0 Å². The smallest absolute Gasteiger partial charge is 0.315 e. The summed E-state index contributed by atoms with van der Waals surface area (Å²) in [7, 11) is 1.47. The average Bonchev–Trinajstić information content (AvgIpc) is 2.24. The Morgan fingerprint density at radius 1 is 1.47 bits per heavy atom. The van der Waals surface area contributed by atoms with Gasteiger partial charge in [0.2, 0.25) is 0 Å². The Bertz CT molecular complexity index is 338. The molecule has 2 aliphatic carbocycles. The van der Waals surface area contributed by atoms with Gasteiger partial charge in [0.1, 0.15) is 0 Å². The number of carbonyl (C=O) groups is 1. The lowest BCUT2D eigenvalue weighted by molar-refractivity contribution is -0.151. The van der Waals surface area contributed by atoms with E-state index in [0.29, 0.717) is 5.92 Å². The van der Waals surface area contributed by atoms with E-state index in [2.05, 4.69) is 24.3 Å². The minimum Gasteiger partial charge on any atom is -0.468 e. The van der Waals surface area contributed by atoms with Crippen LogP contribution in [0.1, 0.15) is 19.3 Å². The molecule has 0 saturated heterocycles. The molecule has 0 aromatic carbocycles. The van der Waals surface area contributed by atoms with E-state index in [1.807, 2.05) is 12.2 Å². The van der Waals surface area contributed by atoms with Crippen LogP contribution < -0.4 is 0 Å². The summed E-state index contributed by atoms with van der Waals surface area (Å²) in [6.45, 7) is 0. The predicted octanol–water partition coefficient (Wildman–Crippen LogP) is 2.63. The summed E-state index contributed by atoms with van der Waals surface area (Å²) in [6, 6.07) is 0. The highest BCUT2D eigenvalue weighted by atomic mass is 16.5. The third-order valence-electron chi connectivity index (χ3n) is 3.21. The van der Waals surface area contributed by atoms with Crippen LogP contribution in [0.25, 0.3) is 0 Å². The molecule has 0 N–H and O–H groups in total. The maximum absolute atomic E-state index is 11.7. The van der Waals surface area contributed by atoms with Crippen molar-refractivity contribution >= 4 is 5.97 Å². The van der Waals surface area contributed by atoms with Gasteiger partial charge >= 0.3 is 5.97 Å². The summed E-state index contributed by atoms with van der Waals surface area (Å²) in [6.07, 6.45) is 15.2. The van der Waals surface area contributed by atoms with Crippen molar-refractivity contribution in [3.63, 3.8) is 0 Å². The molecule has 0 radical (unpaired) electrons. The molecule has 2 rings (SSSR count). The Hall–Kier alpha value is -1.31. The quantitative estimate of drug-likeness (QED) is 0.522. The van der Waals surface area contributed by atoms with E-state index in [-0.39, 0.29) is 11.4 Å². The first-order valence-electron chi connectivity index (χ1n) is 5.36. The van der Waals surface area contributed by atoms with Crippen molar-refractivity contribution in [2.45, 2.75) is 19.3 Å². The summed E-state index contributed by atoms with van der Waals surface area (Å²) < 4.78 is 4.87. The average molecular weight is 204 g/mol. The molecular formula is C13H16O2. The standard InChI is InChI=1S/C13H16O2/c1-15-12(14)13(8-5-9-13)10-11-6-3-2-4-7-11/h2-6,8,11H,7,9-10H2,1H3/t11-,13+/m0/s1. The van der Waals surface area contributed by atoms with Crippen LogP contribution >= 0.6 is 0 Å². The lowest BCUT2D eigenvalue weighted by Gasteiger charge is -2.35. The molecule has 2 heteroatoms. The number of esters is 1. The minimum atomic E-state index is -0.338. The minimum absolute atomic E-state index is 0.0899. The predicted molar refractivity (Wildman–Crippen MR) is 59.2 cm³/mol. The highest BCUT2D eigenvalue weighted by molar-refractivity contribution is 5.81. The fraction of sp³-hybridized carbons (Fsp3) is 0.462. The summed E-state index contributed by atoms with van der Waals surface area (Å²) in [4.78, 5) is 11.7. The van der Waals surface area contributed by atoms with Crippen molar-refractivity contribution < 1.29 is 9.53 Å². The molecule has 0 amide bonds. The number of rotatable bonds is 3. The van der Waals surface area contributed by atoms with Crippen molar-refractivity contribution in [1.82, 2.24) is 0 Å². The van der Waals surface area contributed by atoms with Crippen LogP contribution in [-0.2, 0) is 9.53 Å². The van der Waals surface area contributed by atoms with E-state index in [9.17, 15) is 4.79 Å². The Morgan fingerprint density at radius 3 is 2.73 bits per heavy atom. The van der Waals surface area contributed by atoms with Gasteiger partial charge in [0.05, 0.1) is 12.5 Å². The van der Waals surface area contributed by atoms with Gasteiger partial charge in [-0.2, -0.15) is 0 Å². The van der Waals surface area contributed by atoms with Crippen molar-refractivity contribution in [2.24, 2.45) is 11.3 Å². The van der Waals surface area contributed by atoms with Crippen molar-refractivity contribution in [3.8, 4) is 0 Å². The third-order valence-corrected chi connectivity index (χ3v) is 3.21. The topological polar surface area (TPSA) is 26.3 Å². The molecular weight excluding hydrogens is 188 g/mol. The normalized spacial score (nSPS) is 32.5. The van der Waals surface area contributed by atoms with Crippen LogP contribution in [0.3, 0.4) is 0 Å². The molecule has 2 nitrogen and oxygen atoms in total. The molecule has 0 saturated carbocycles. The highest BCUT2D eigenvalue weighted by Gasteiger charge is 2.41. The Labute approximate surface area is 90.3 Å². The lowest BCUT2D eigenvalue weighted by Crippen LogP contribution is -2.36. The largest absolute Gasteiger partial charge is 0.468 e. The molecule has 2 atom stereocenters. The van der Waals surface area contributed by atoms with E-state index in [1.165, 1.54) is 7.11 Å². The maximum Gasteiger partial charge on any atom is 0.315 e. The molecule has 0 heterocycles. The first kappa shape index (κ1) is 10.2. The zero-order valence-corrected chi connectivity index (χ0v) is 8.98. The maximum atomic E-state index is 11.7. The number of hydrogen-bond donors (Lipinski definition) is 0. The van der Waals surface area contributed by atoms with Crippen LogP contribution in [0.4, 0.5) is 0 Å². The molecule has 2 aliphatic rings. The van der Waals surface area contributed by atoms with Gasteiger partial charge in [0.15, 0.2) is 0 Å². The fourth-order valence-electron chi connectivity index (χ4n) is 2.24. The van der Waals surface area contributed by atoms with E-state index in [0.717, 1.165) is 19.3 Å². The Kier molecular flexibility index (Phi) is 2.76. The van der Waals surface area contributed by atoms with Crippen LogP contribution in [0, 0.1) is 11.3 Å². The number of carbonyl (C=O) groups excluding carboxylic acids is 1. The molecule has 0 spiro atoms. The molecule has 0 aromatic rings. The molecule has 0 aliphatic heterocycles. The van der Waals surface area contributed by atoms with Crippen LogP contribution in [-0.4, -0.2) is 13.1 Å². The number of methoxy groups -OCH3 is 1. The second-order valence-corrected chi connectivity index (χ2v) is 4.27. The molecule has 0 aromatic heterocycles. The molecule has 0 unspecified atom stereocenters. The van der Waals surface area contributed by atoms with Crippen LogP contribution in [0.5, 0.6) is 0 Å². The molecule has 15 heavy (non-hydrogen) atoms. The van der Waals surface area contributed by atoms with Crippen molar-refractivity contribution in [2.75, 3.05) is 7.11 Å². The first-order valence-corrected chi connectivity index (χ1v) is 5.36. The second-order valence-electron chi connectivity index (χ2n) is 4.27. The van der Waals surface area contributed by atoms with E-state index in [1.54, 1.807) is 0 Å². The number of hydrogen-bond acceptors (Lipinski definition) is 2. The second kappa shape index (κ2) is 4.05. The SMILES string of the molecule is COC(=O)[C@]1(C[C@H]2C=CC=CC2)C=CC1. The molecule has 0 bridgehead atoms. The van der Waals surface area contributed by atoms with Gasteiger partial charge in [-0.25, -0.2) is 0 Å². The van der Waals surface area contributed by atoms with Gasteiger partial charge in [0.25, 0.3) is 0 Å². The van der Waals surface area contributed by atoms with Gasteiger partial charge < -0.3 is 4.74 Å². The fourth-order valence-corrected chi connectivity index (χ4v) is 2.24. The number of ether oxygens (including phenoxy) is 1. The van der Waals surface area contributed by atoms with Gasteiger partial charge in [-0.15, -0.1) is 0 Å². The Balaban J connectivity index is 2.02. The third kappa shape index (κ3) is 1.89. The number of allylic oxidation sites excluding steroid dienone is 5. The Morgan fingerprint density at radius 2 is 2.27 bits per heavy atom. The summed E-state index contributed by atoms with van der Waals surface area (Å²) in [5.74, 6) is 0.381. The monoisotopic (exact) mass is 204 g/mol. The van der Waals surface area contributed by atoms with Crippen molar-refractivity contribution in [1.29, 1.82) is 0 Å².